The van der Waals surface area contributed by atoms with E-state index in [4.69, 9.17) is 47.2 Å². The molecule has 0 spiro atoms. The first-order valence-corrected chi connectivity index (χ1v) is 24.3. The van der Waals surface area contributed by atoms with Crippen LogP contribution in [0.25, 0.3) is 0 Å². The topological polar surface area (TPSA) is 253 Å². The number of carbonyl (C=O) groups excluding carboxylic acids is 1. The zero-order chi connectivity index (χ0) is 45.6. The first-order valence-electron chi connectivity index (χ1n) is 24.3. The monoisotopic (exact) mass is 869 g/mol. The summed E-state index contributed by atoms with van der Waals surface area (Å²) in [7, 11) is 0. The summed E-state index contributed by atoms with van der Waals surface area (Å²) < 4.78 is 0. The van der Waals surface area contributed by atoms with Gasteiger partial charge in [0.25, 0.3) is 0 Å². The third kappa shape index (κ3) is 40.9. The zero-order valence-corrected chi connectivity index (χ0v) is 39.1. The van der Waals surface area contributed by atoms with Gasteiger partial charge in [0, 0.05) is 52.4 Å². The zero-order valence-electron chi connectivity index (χ0n) is 39.1. The Balaban J connectivity index is 5.14. The number of guanidine groups is 4. The lowest BCUT2D eigenvalue weighted by Gasteiger charge is -2.31. The third-order valence-electron chi connectivity index (χ3n) is 10.8. The van der Waals surface area contributed by atoms with E-state index in [0.29, 0.717) is 38.1 Å². The lowest BCUT2D eigenvalue weighted by atomic mass is 10.1. The molecule has 0 saturated carbocycles. The molecule has 15 nitrogen and oxygen atoms in total. The first-order chi connectivity index (χ1) is 30.2. The van der Waals surface area contributed by atoms with Gasteiger partial charge in [-0.25, -0.2) is 4.79 Å². The molecule has 62 heavy (non-hydrogen) atoms. The Morgan fingerprint density at radius 1 is 0.371 bits per heavy atom. The van der Waals surface area contributed by atoms with Gasteiger partial charge in [0.15, 0.2) is 23.8 Å². The Morgan fingerprint density at radius 2 is 0.597 bits per heavy atom. The van der Waals surface area contributed by atoms with Crippen LogP contribution in [0.5, 0.6) is 0 Å². The molecule has 0 unspecified atom stereocenters. The summed E-state index contributed by atoms with van der Waals surface area (Å²) in [5, 5.41) is 5.81. The van der Waals surface area contributed by atoms with Crippen LogP contribution in [0.2, 0.25) is 0 Å². The van der Waals surface area contributed by atoms with Gasteiger partial charge >= 0.3 is 6.03 Å². The number of urea groups is 1. The van der Waals surface area contributed by atoms with Crippen molar-refractivity contribution in [2.45, 2.75) is 180 Å². The molecule has 0 atom stereocenters. The summed E-state index contributed by atoms with van der Waals surface area (Å²) in [4.78, 5) is 35.6. The second-order valence-electron chi connectivity index (χ2n) is 16.4. The van der Waals surface area contributed by atoms with E-state index in [0.717, 1.165) is 142 Å². The van der Waals surface area contributed by atoms with Gasteiger partial charge in [-0.2, -0.15) is 0 Å². The molecule has 0 aromatic rings. The summed E-state index contributed by atoms with van der Waals surface area (Å²) in [6.07, 6.45) is 42.2. The lowest BCUT2D eigenvalue weighted by molar-refractivity contribution is 0.148. The molecular weight excluding hydrogens is 777 g/mol. The van der Waals surface area contributed by atoms with Crippen molar-refractivity contribution in [3.63, 3.8) is 0 Å². The molecule has 0 aliphatic carbocycles. The van der Waals surface area contributed by atoms with Gasteiger partial charge in [0.1, 0.15) is 0 Å². The van der Waals surface area contributed by atoms with E-state index < -0.39 is 0 Å². The minimum atomic E-state index is 0.169. The molecule has 0 bridgehead atoms. The van der Waals surface area contributed by atoms with Gasteiger partial charge < -0.3 is 54.8 Å². The summed E-state index contributed by atoms with van der Waals surface area (Å²) in [6.45, 7) is 6.95. The highest BCUT2D eigenvalue weighted by Crippen LogP contribution is 2.15. The smallest absolute Gasteiger partial charge is 0.319 e. The molecule has 0 aliphatic heterocycles. The number of amides is 2. The molecule has 0 saturated heterocycles. The fourth-order valence-electron chi connectivity index (χ4n) is 7.21. The highest BCUT2D eigenvalue weighted by atomic mass is 16.2. The predicted octanol–water partition coefficient (Wildman–Crippen LogP) is 6.26. The van der Waals surface area contributed by atoms with Gasteiger partial charge in [-0.05, 0) is 51.4 Å². The number of nitrogens with two attached hydrogens (primary N) is 6. The molecule has 2 amide bonds. The molecule has 0 aromatic heterocycles. The minimum absolute atomic E-state index is 0.169. The van der Waals surface area contributed by atoms with Crippen LogP contribution in [0.3, 0.4) is 0 Å². The highest BCUT2D eigenvalue weighted by molar-refractivity contribution is 5.78. The average Bonchev–Trinajstić information content (AvgIpc) is 3.25. The number of rotatable bonds is 42. The number of carbonyl (C=O) groups is 1. The normalized spacial score (nSPS) is 11.4. The minimum Gasteiger partial charge on any atom is -0.370 e. The maximum Gasteiger partial charge on any atom is 0.319 e. The Morgan fingerprint density at radius 3 is 0.839 bits per heavy atom. The maximum atomic E-state index is 14.3. The van der Waals surface area contributed by atoms with Gasteiger partial charge in [-0.3, -0.25) is 20.0 Å². The van der Waals surface area contributed by atoms with Crippen LogP contribution in [0, 0.1) is 24.7 Å². The van der Waals surface area contributed by atoms with Crippen molar-refractivity contribution in [3.05, 3.63) is 0 Å². The number of aliphatic imine (C=N–C) groups is 4. The molecule has 0 fully saturated rings. The van der Waals surface area contributed by atoms with Gasteiger partial charge in [-0.15, -0.1) is 12.8 Å². The molecular formula is C47H92N14O. The van der Waals surface area contributed by atoms with E-state index in [2.05, 4.69) is 52.2 Å². The van der Waals surface area contributed by atoms with Crippen LogP contribution < -0.4 is 45.0 Å². The SMILES string of the molecule is C#CCNC(N)=NCCCCCCCCCN(CCCCCCCCCN=C(N)N)C(=O)N(CCCCCCCCCN=C(N)N)CCCCCCCCCN=C(N)NCC#C. The number of hydrogen-bond acceptors (Lipinski definition) is 5. The molecule has 356 valence electrons. The van der Waals surface area contributed by atoms with Crippen molar-refractivity contribution in [2.75, 3.05) is 65.4 Å². The maximum absolute atomic E-state index is 14.3. The number of nitrogens with zero attached hydrogens (tertiary/aromatic N) is 6. The van der Waals surface area contributed by atoms with Crippen LogP contribution in [-0.4, -0.2) is 105 Å². The van der Waals surface area contributed by atoms with Crippen molar-refractivity contribution in [1.82, 2.24) is 20.4 Å². The van der Waals surface area contributed by atoms with E-state index in [-0.39, 0.29) is 18.0 Å². The van der Waals surface area contributed by atoms with E-state index in [1.165, 1.54) is 77.0 Å². The Hall–Kier alpha value is -4.53. The van der Waals surface area contributed by atoms with Crippen molar-refractivity contribution >= 4 is 29.9 Å². The fourth-order valence-corrected chi connectivity index (χ4v) is 7.21. The van der Waals surface area contributed by atoms with Crippen LogP contribution in [0.4, 0.5) is 4.79 Å². The Labute approximate surface area is 378 Å². The van der Waals surface area contributed by atoms with Crippen LogP contribution in [0.15, 0.2) is 20.0 Å². The van der Waals surface area contributed by atoms with Crippen LogP contribution >= 0.6 is 0 Å². The van der Waals surface area contributed by atoms with Crippen molar-refractivity contribution in [1.29, 1.82) is 0 Å². The Bertz CT molecular complexity index is 1170. The second kappa shape index (κ2) is 44.5. The first kappa shape index (κ1) is 57.5. The average molecular weight is 869 g/mol. The van der Waals surface area contributed by atoms with Crippen molar-refractivity contribution in [2.24, 2.45) is 54.4 Å². The van der Waals surface area contributed by atoms with E-state index >= 15 is 0 Å². The standard InChI is InChI=1S/C47H92N14O/c1-3-33-56-45(52)58-37-27-19-11-7-15-23-31-41-60(39-29-21-13-5-9-17-25-35-54-43(48)49)47(62)61(40-30-22-14-6-10-18-26-36-55-44(50)51)42-32-24-16-8-12-20-28-38-59-46(53)57-34-4-2/h1-2H,5-42H2,(H4,48,49,54)(H4,50,51,55)(H3,52,56,58)(H3,53,57,59). The van der Waals surface area contributed by atoms with Crippen molar-refractivity contribution in [3.8, 4) is 24.7 Å². The summed E-state index contributed by atoms with van der Waals surface area (Å²) in [5.41, 5.74) is 33.4. The summed E-state index contributed by atoms with van der Waals surface area (Å²) >= 11 is 0. The van der Waals surface area contributed by atoms with E-state index in [1.807, 2.05) is 0 Å². The molecule has 0 rings (SSSR count). The van der Waals surface area contributed by atoms with Crippen molar-refractivity contribution < 1.29 is 4.79 Å². The molecule has 15 heteroatoms. The quantitative estimate of drug-likeness (QED) is 0.0149. The Kier molecular flexibility index (Phi) is 41.3. The largest absolute Gasteiger partial charge is 0.370 e. The van der Waals surface area contributed by atoms with Crippen LogP contribution in [-0.2, 0) is 0 Å². The van der Waals surface area contributed by atoms with E-state index in [9.17, 15) is 4.79 Å². The lowest BCUT2D eigenvalue weighted by Crippen LogP contribution is -2.45. The predicted molar refractivity (Wildman–Crippen MR) is 266 cm³/mol. The molecule has 0 radical (unpaired) electrons. The third-order valence-corrected chi connectivity index (χ3v) is 10.8. The summed E-state index contributed by atoms with van der Waals surface area (Å²) in [6, 6.07) is 0.234. The highest BCUT2D eigenvalue weighted by Gasteiger charge is 2.20. The van der Waals surface area contributed by atoms with Gasteiger partial charge in [0.05, 0.1) is 13.1 Å². The molecule has 0 aromatic carbocycles. The van der Waals surface area contributed by atoms with E-state index in [1.54, 1.807) is 0 Å². The number of terminal acetylenes is 2. The number of hydrogen-bond donors (Lipinski definition) is 8. The molecule has 14 N–H and O–H groups in total. The molecule has 0 aliphatic rings. The molecule has 0 heterocycles. The van der Waals surface area contributed by atoms with Crippen LogP contribution in [0.1, 0.15) is 180 Å². The fraction of sp³-hybridized carbons (Fsp3) is 0.809. The second-order valence-corrected chi connectivity index (χ2v) is 16.4. The number of unbranched alkanes of at least 4 members (excludes halogenated alkanes) is 24. The van der Waals surface area contributed by atoms with Gasteiger partial charge in [0.2, 0.25) is 0 Å². The summed E-state index contributed by atoms with van der Waals surface area (Å²) in [5.74, 6) is 6.18. The number of nitrogens with one attached hydrogen (secondary N) is 2. The van der Waals surface area contributed by atoms with Gasteiger partial charge in [-0.1, -0.05) is 140 Å².